The van der Waals surface area contributed by atoms with E-state index in [9.17, 15) is 13.2 Å². The molecule has 7 heteroatoms. The van der Waals surface area contributed by atoms with Crippen LogP contribution in [0.3, 0.4) is 0 Å². The molecule has 0 aliphatic carbocycles. The van der Waals surface area contributed by atoms with Gasteiger partial charge in [0.2, 0.25) is 10.0 Å². The van der Waals surface area contributed by atoms with Crippen molar-refractivity contribution in [3.8, 4) is 0 Å². The van der Waals surface area contributed by atoms with Gasteiger partial charge in [-0.1, -0.05) is 17.7 Å². The normalized spacial score (nSPS) is 13.1. The first-order chi connectivity index (χ1) is 8.14. The van der Waals surface area contributed by atoms with Crippen molar-refractivity contribution in [2.75, 3.05) is 10.6 Å². The standard InChI is InChI=1S/C11H14ClNO4S/c1-7-4-5-9(6-10(7)12)13(18(3,16)17)8(2)11(14)15/h4-6,8H,1-3H3,(H,14,15)/t8-/m0/s1. The predicted molar refractivity (Wildman–Crippen MR) is 70.6 cm³/mol. The van der Waals surface area contributed by atoms with E-state index in [1.54, 1.807) is 13.0 Å². The summed E-state index contributed by atoms with van der Waals surface area (Å²) in [6, 6.07) is 3.42. The number of carboxylic acid groups (broad SMARTS) is 1. The molecule has 0 aliphatic heterocycles. The van der Waals surface area contributed by atoms with Crippen molar-refractivity contribution in [2.24, 2.45) is 0 Å². The second-order valence-electron chi connectivity index (χ2n) is 4.01. The Bertz CT molecular complexity index is 570. The minimum absolute atomic E-state index is 0.239. The van der Waals surface area contributed by atoms with Crippen LogP contribution >= 0.6 is 11.6 Å². The van der Waals surface area contributed by atoms with Crippen LogP contribution in [-0.2, 0) is 14.8 Å². The first kappa shape index (κ1) is 14.8. The summed E-state index contributed by atoms with van der Waals surface area (Å²) in [6.45, 7) is 3.08. The zero-order chi connectivity index (χ0) is 14.1. The van der Waals surface area contributed by atoms with Gasteiger partial charge in [0, 0.05) is 5.02 Å². The molecule has 0 heterocycles. The number of benzene rings is 1. The minimum Gasteiger partial charge on any atom is -0.480 e. The Morgan fingerprint density at radius 3 is 2.39 bits per heavy atom. The number of anilines is 1. The monoisotopic (exact) mass is 291 g/mol. The molecule has 1 atom stereocenters. The van der Waals surface area contributed by atoms with Crippen LogP contribution in [0.2, 0.25) is 5.02 Å². The zero-order valence-corrected chi connectivity index (χ0v) is 11.8. The molecule has 0 saturated carbocycles. The highest BCUT2D eigenvalue weighted by atomic mass is 35.5. The average molecular weight is 292 g/mol. The summed E-state index contributed by atoms with van der Waals surface area (Å²) in [5.74, 6) is -1.22. The number of rotatable bonds is 4. The number of hydrogen-bond acceptors (Lipinski definition) is 3. The van der Waals surface area contributed by atoms with Crippen LogP contribution in [0.25, 0.3) is 0 Å². The van der Waals surface area contributed by atoms with Gasteiger partial charge in [-0.3, -0.25) is 4.31 Å². The Hall–Kier alpha value is -1.27. The molecule has 1 aromatic carbocycles. The molecular formula is C11H14ClNO4S. The van der Waals surface area contributed by atoms with Gasteiger partial charge in [0.1, 0.15) is 6.04 Å². The molecule has 0 unspecified atom stereocenters. The molecule has 0 saturated heterocycles. The molecule has 0 spiro atoms. The number of aliphatic carboxylic acids is 1. The van der Waals surface area contributed by atoms with Crippen LogP contribution in [0.4, 0.5) is 5.69 Å². The molecule has 0 aromatic heterocycles. The van der Waals surface area contributed by atoms with E-state index in [-0.39, 0.29) is 5.69 Å². The van der Waals surface area contributed by atoms with Crippen LogP contribution in [0.1, 0.15) is 12.5 Å². The summed E-state index contributed by atoms with van der Waals surface area (Å²) in [7, 11) is -3.70. The quantitative estimate of drug-likeness (QED) is 0.919. The zero-order valence-electron chi connectivity index (χ0n) is 10.2. The van der Waals surface area contributed by atoms with Crippen LogP contribution < -0.4 is 4.31 Å². The molecular weight excluding hydrogens is 278 g/mol. The molecule has 0 fully saturated rings. The van der Waals surface area contributed by atoms with Crippen molar-refractivity contribution < 1.29 is 18.3 Å². The predicted octanol–water partition coefficient (Wildman–Crippen LogP) is 1.89. The summed E-state index contributed by atoms with van der Waals surface area (Å²) >= 11 is 5.92. The van der Waals surface area contributed by atoms with Gasteiger partial charge in [0.25, 0.3) is 0 Å². The lowest BCUT2D eigenvalue weighted by molar-refractivity contribution is -0.137. The van der Waals surface area contributed by atoms with Gasteiger partial charge in [-0.15, -0.1) is 0 Å². The maximum absolute atomic E-state index is 11.7. The maximum Gasteiger partial charge on any atom is 0.327 e. The maximum atomic E-state index is 11.7. The molecule has 0 radical (unpaired) electrons. The molecule has 1 N–H and O–H groups in total. The third-order valence-electron chi connectivity index (χ3n) is 2.48. The first-order valence-electron chi connectivity index (χ1n) is 5.13. The van der Waals surface area contributed by atoms with Gasteiger partial charge in [-0.05, 0) is 31.5 Å². The second-order valence-corrected chi connectivity index (χ2v) is 6.27. The molecule has 1 aromatic rings. The molecule has 0 aliphatic rings. The highest BCUT2D eigenvalue weighted by Crippen LogP contribution is 2.26. The number of sulfonamides is 1. The lowest BCUT2D eigenvalue weighted by Crippen LogP contribution is -2.42. The molecule has 18 heavy (non-hydrogen) atoms. The minimum atomic E-state index is -3.70. The van der Waals surface area contributed by atoms with E-state index in [2.05, 4.69) is 0 Å². The fraction of sp³-hybridized carbons (Fsp3) is 0.364. The first-order valence-corrected chi connectivity index (χ1v) is 7.35. The Kier molecular flexibility index (Phi) is 4.24. The Morgan fingerprint density at radius 1 is 1.44 bits per heavy atom. The van der Waals surface area contributed by atoms with E-state index < -0.39 is 22.0 Å². The number of nitrogens with zero attached hydrogens (tertiary/aromatic N) is 1. The average Bonchev–Trinajstić information content (AvgIpc) is 2.21. The third kappa shape index (κ3) is 3.14. The van der Waals surface area contributed by atoms with Crippen LogP contribution in [0.15, 0.2) is 18.2 Å². The smallest absolute Gasteiger partial charge is 0.327 e. The van der Waals surface area contributed by atoms with Crippen molar-refractivity contribution in [1.82, 2.24) is 0 Å². The van der Waals surface area contributed by atoms with E-state index in [4.69, 9.17) is 16.7 Å². The topological polar surface area (TPSA) is 74.7 Å². The number of carbonyl (C=O) groups is 1. The van der Waals surface area contributed by atoms with E-state index >= 15 is 0 Å². The van der Waals surface area contributed by atoms with Crippen molar-refractivity contribution in [1.29, 1.82) is 0 Å². The van der Waals surface area contributed by atoms with Crippen molar-refractivity contribution in [3.05, 3.63) is 28.8 Å². The summed E-state index contributed by atoms with van der Waals surface area (Å²) in [6.07, 6.45) is 0.959. The van der Waals surface area contributed by atoms with E-state index in [1.165, 1.54) is 19.1 Å². The third-order valence-corrected chi connectivity index (χ3v) is 4.13. The lowest BCUT2D eigenvalue weighted by atomic mass is 10.2. The molecule has 1 rings (SSSR count). The Balaban J connectivity index is 3.36. The number of halogens is 1. The van der Waals surface area contributed by atoms with Gasteiger partial charge >= 0.3 is 5.97 Å². The SMILES string of the molecule is Cc1ccc(N([C@@H](C)C(=O)O)S(C)(=O)=O)cc1Cl. The molecule has 5 nitrogen and oxygen atoms in total. The van der Waals surface area contributed by atoms with Crippen LogP contribution in [-0.4, -0.2) is 31.8 Å². The number of carboxylic acids is 1. The largest absolute Gasteiger partial charge is 0.480 e. The second kappa shape index (κ2) is 5.16. The van der Waals surface area contributed by atoms with E-state index in [0.717, 1.165) is 16.1 Å². The van der Waals surface area contributed by atoms with Gasteiger partial charge < -0.3 is 5.11 Å². The van der Waals surface area contributed by atoms with E-state index in [1.807, 2.05) is 0 Å². The van der Waals surface area contributed by atoms with Gasteiger partial charge in [-0.25, -0.2) is 13.2 Å². The number of aryl methyl sites for hydroxylation is 1. The van der Waals surface area contributed by atoms with Gasteiger partial charge in [0.05, 0.1) is 11.9 Å². The van der Waals surface area contributed by atoms with Gasteiger partial charge in [0.15, 0.2) is 0 Å². The van der Waals surface area contributed by atoms with E-state index in [0.29, 0.717) is 5.02 Å². The number of hydrogen-bond donors (Lipinski definition) is 1. The lowest BCUT2D eigenvalue weighted by Gasteiger charge is -2.26. The summed E-state index contributed by atoms with van der Waals surface area (Å²) in [5.41, 5.74) is 1.03. The molecule has 0 bridgehead atoms. The Morgan fingerprint density at radius 2 is 2.00 bits per heavy atom. The van der Waals surface area contributed by atoms with Crippen molar-refractivity contribution in [2.45, 2.75) is 19.9 Å². The van der Waals surface area contributed by atoms with Crippen molar-refractivity contribution in [3.63, 3.8) is 0 Å². The highest BCUT2D eigenvalue weighted by Gasteiger charge is 2.28. The summed E-state index contributed by atoms with van der Waals surface area (Å²) in [4.78, 5) is 11.0. The van der Waals surface area contributed by atoms with Crippen molar-refractivity contribution >= 4 is 33.3 Å². The summed E-state index contributed by atoms with van der Waals surface area (Å²) in [5, 5.41) is 9.35. The fourth-order valence-electron chi connectivity index (χ4n) is 1.52. The van der Waals surface area contributed by atoms with Crippen LogP contribution in [0.5, 0.6) is 0 Å². The van der Waals surface area contributed by atoms with Crippen LogP contribution in [0, 0.1) is 6.92 Å². The Labute approximate surface area is 111 Å². The van der Waals surface area contributed by atoms with Gasteiger partial charge in [-0.2, -0.15) is 0 Å². The highest BCUT2D eigenvalue weighted by molar-refractivity contribution is 7.92. The summed E-state index contributed by atoms with van der Waals surface area (Å²) < 4.78 is 24.2. The molecule has 100 valence electrons. The fourth-order valence-corrected chi connectivity index (χ4v) is 2.86. The molecule has 0 amide bonds.